The maximum atomic E-state index is 12.2. The number of hydrogen-bond acceptors (Lipinski definition) is 4. The van der Waals surface area contributed by atoms with Crippen LogP contribution in [-0.2, 0) is 6.42 Å². The first-order valence-corrected chi connectivity index (χ1v) is 7.13. The number of fused-ring (bicyclic) bond motifs is 1. The minimum Gasteiger partial charge on any atom is -0.455 e. The smallest absolute Gasteiger partial charge is 0.291 e. The number of furan rings is 1. The number of hydrogen-bond donors (Lipinski definition) is 1. The van der Waals surface area contributed by atoms with Crippen LogP contribution in [0.25, 0.3) is 0 Å². The van der Waals surface area contributed by atoms with Crippen LogP contribution in [0.1, 0.15) is 56.8 Å². The lowest BCUT2D eigenvalue weighted by Crippen LogP contribution is -2.11. The molecule has 0 aliphatic heterocycles. The largest absolute Gasteiger partial charge is 0.455 e. The Balaban J connectivity index is 1.82. The molecular weight excluding hydrogens is 282 g/mol. The van der Waals surface area contributed by atoms with Gasteiger partial charge in [-0.2, -0.15) is 0 Å². The normalized spacial score (nSPS) is 13.6. The predicted molar refractivity (Wildman–Crippen MR) is 80.4 cm³/mol. The van der Waals surface area contributed by atoms with Gasteiger partial charge in [-0.1, -0.05) is 12.1 Å². The van der Waals surface area contributed by atoms with Crippen LogP contribution < -0.4 is 5.32 Å². The summed E-state index contributed by atoms with van der Waals surface area (Å²) in [5, 5.41) is 2.68. The van der Waals surface area contributed by atoms with E-state index in [4.69, 9.17) is 4.42 Å². The third-order valence-corrected chi connectivity index (χ3v) is 3.67. The van der Waals surface area contributed by atoms with Crippen LogP contribution in [0.3, 0.4) is 0 Å². The topological polar surface area (TPSA) is 76.4 Å². The number of aryl methyl sites for hydroxylation is 1. The van der Waals surface area contributed by atoms with Crippen molar-refractivity contribution in [3.8, 4) is 0 Å². The van der Waals surface area contributed by atoms with Crippen LogP contribution in [0.5, 0.6) is 0 Å². The van der Waals surface area contributed by atoms with Gasteiger partial charge in [-0.05, 0) is 25.5 Å². The zero-order valence-corrected chi connectivity index (χ0v) is 12.1. The van der Waals surface area contributed by atoms with E-state index < -0.39 is 5.91 Å². The summed E-state index contributed by atoms with van der Waals surface area (Å²) in [5.41, 5.74) is 1.54. The molecule has 22 heavy (non-hydrogen) atoms. The summed E-state index contributed by atoms with van der Waals surface area (Å²) in [6, 6.07) is 8.18. The molecule has 0 unspecified atom stereocenters. The molecule has 1 aromatic heterocycles. The molecule has 0 saturated carbocycles. The van der Waals surface area contributed by atoms with E-state index in [9.17, 15) is 14.4 Å². The molecule has 2 aromatic rings. The SMILES string of the molecule is CC(=O)c1cccc(NC(=O)c2cc3c(o2)CCCC3=O)c1. The number of benzene rings is 1. The monoisotopic (exact) mass is 297 g/mol. The zero-order valence-electron chi connectivity index (χ0n) is 12.1. The Hall–Kier alpha value is -2.69. The van der Waals surface area contributed by atoms with E-state index in [1.165, 1.54) is 13.0 Å². The molecule has 0 bridgehead atoms. The second kappa shape index (κ2) is 5.60. The Kier molecular flexibility index (Phi) is 3.63. The third-order valence-electron chi connectivity index (χ3n) is 3.67. The first-order valence-electron chi connectivity index (χ1n) is 7.13. The Labute approximate surface area is 127 Å². The number of ketones is 2. The Morgan fingerprint density at radius 2 is 2.00 bits per heavy atom. The van der Waals surface area contributed by atoms with Crippen molar-refractivity contribution in [2.75, 3.05) is 5.32 Å². The van der Waals surface area contributed by atoms with Gasteiger partial charge in [0.25, 0.3) is 5.91 Å². The summed E-state index contributed by atoms with van der Waals surface area (Å²) < 4.78 is 5.49. The van der Waals surface area contributed by atoms with Gasteiger partial charge in [0.2, 0.25) is 0 Å². The van der Waals surface area contributed by atoms with Crippen molar-refractivity contribution in [1.82, 2.24) is 0 Å². The average Bonchev–Trinajstić information content (AvgIpc) is 2.93. The lowest BCUT2D eigenvalue weighted by Gasteiger charge is -2.06. The van der Waals surface area contributed by atoms with Crippen LogP contribution in [0.2, 0.25) is 0 Å². The fourth-order valence-electron chi connectivity index (χ4n) is 2.52. The van der Waals surface area contributed by atoms with Gasteiger partial charge in [0.15, 0.2) is 17.3 Å². The highest BCUT2D eigenvalue weighted by atomic mass is 16.4. The summed E-state index contributed by atoms with van der Waals surface area (Å²) in [6.45, 7) is 1.47. The minimum absolute atomic E-state index is 0.0163. The molecule has 112 valence electrons. The number of rotatable bonds is 3. The van der Waals surface area contributed by atoms with Gasteiger partial charge in [-0.25, -0.2) is 0 Å². The van der Waals surface area contributed by atoms with Crippen molar-refractivity contribution >= 4 is 23.2 Å². The van der Waals surface area contributed by atoms with E-state index in [1.54, 1.807) is 24.3 Å². The number of carbonyl (C=O) groups excluding carboxylic acids is 3. The molecule has 1 aliphatic rings. The van der Waals surface area contributed by atoms with Gasteiger partial charge >= 0.3 is 0 Å². The van der Waals surface area contributed by atoms with Crippen molar-refractivity contribution in [2.45, 2.75) is 26.2 Å². The number of amides is 1. The van der Waals surface area contributed by atoms with Crippen molar-refractivity contribution < 1.29 is 18.8 Å². The second-order valence-corrected chi connectivity index (χ2v) is 5.32. The van der Waals surface area contributed by atoms with E-state index >= 15 is 0 Å². The molecule has 1 aliphatic carbocycles. The first-order chi connectivity index (χ1) is 10.5. The Morgan fingerprint density at radius 1 is 1.18 bits per heavy atom. The van der Waals surface area contributed by atoms with Gasteiger partial charge in [-0.3, -0.25) is 14.4 Å². The molecule has 0 radical (unpaired) electrons. The van der Waals surface area contributed by atoms with E-state index in [1.807, 2.05) is 0 Å². The molecule has 0 saturated heterocycles. The van der Waals surface area contributed by atoms with Crippen LogP contribution in [0, 0.1) is 0 Å². The van der Waals surface area contributed by atoms with Gasteiger partial charge in [-0.15, -0.1) is 0 Å². The highest BCUT2D eigenvalue weighted by Crippen LogP contribution is 2.25. The lowest BCUT2D eigenvalue weighted by molar-refractivity contribution is 0.0963. The second-order valence-electron chi connectivity index (χ2n) is 5.32. The standard InChI is InChI=1S/C17H15NO4/c1-10(19)11-4-2-5-12(8-11)18-17(21)16-9-13-14(20)6-3-7-15(13)22-16/h2,4-5,8-9H,3,6-7H2,1H3,(H,18,21). The van der Waals surface area contributed by atoms with E-state index in [0.29, 0.717) is 35.4 Å². The molecule has 3 rings (SSSR count). The fourth-order valence-corrected chi connectivity index (χ4v) is 2.52. The maximum Gasteiger partial charge on any atom is 0.291 e. The quantitative estimate of drug-likeness (QED) is 0.882. The molecule has 0 spiro atoms. The van der Waals surface area contributed by atoms with Crippen molar-refractivity contribution in [3.63, 3.8) is 0 Å². The summed E-state index contributed by atoms with van der Waals surface area (Å²) in [6.07, 6.45) is 1.92. The summed E-state index contributed by atoms with van der Waals surface area (Å²) in [7, 11) is 0. The Bertz CT molecular complexity index is 773. The van der Waals surface area contributed by atoms with Crippen molar-refractivity contribution in [1.29, 1.82) is 0 Å². The molecule has 1 heterocycles. The number of Topliss-reactive ketones (excluding diaryl/α,β-unsaturated/α-hetero) is 2. The van der Waals surface area contributed by atoms with Crippen LogP contribution in [0.15, 0.2) is 34.7 Å². The molecule has 5 heteroatoms. The van der Waals surface area contributed by atoms with Crippen LogP contribution in [-0.4, -0.2) is 17.5 Å². The predicted octanol–water partition coefficient (Wildman–Crippen LogP) is 3.25. The van der Waals surface area contributed by atoms with E-state index in [2.05, 4.69) is 5.32 Å². The van der Waals surface area contributed by atoms with Gasteiger partial charge < -0.3 is 9.73 Å². The van der Waals surface area contributed by atoms with Gasteiger partial charge in [0.1, 0.15) is 5.76 Å². The van der Waals surface area contributed by atoms with Gasteiger partial charge in [0.05, 0.1) is 5.56 Å². The number of anilines is 1. The van der Waals surface area contributed by atoms with E-state index in [-0.39, 0.29) is 17.3 Å². The minimum atomic E-state index is -0.428. The third kappa shape index (κ3) is 2.70. The molecule has 0 fully saturated rings. The highest BCUT2D eigenvalue weighted by molar-refractivity contribution is 6.06. The van der Waals surface area contributed by atoms with Crippen molar-refractivity contribution in [3.05, 3.63) is 53.0 Å². The van der Waals surface area contributed by atoms with Crippen LogP contribution in [0.4, 0.5) is 5.69 Å². The molecule has 1 N–H and O–H groups in total. The summed E-state index contributed by atoms with van der Waals surface area (Å²) >= 11 is 0. The Morgan fingerprint density at radius 3 is 2.73 bits per heavy atom. The molecule has 1 amide bonds. The number of carbonyl (C=O) groups is 3. The van der Waals surface area contributed by atoms with Gasteiger partial charge in [0, 0.05) is 30.2 Å². The molecule has 0 atom stereocenters. The zero-order chi connectivity index (χ0) is 15.7. The summed E-state index contributed by atoms with van der Waals surface area (Å²) in [5.74, 6) is 0.216. The fraction of sp³-hybridized carbons (Fsp3) is 0.235. The number of nitrogens with one attached hydrogen (secondary N) is 1. The molecule has 5 nitrogen and oxygen atoms in total. The average molecular weight is 297 g/mol. The molecule has 1 aromatic carbocycles. The van der Waals surface area contributed by atoms with Crippen molar-refractivity contribution in [2.24, 2.45) is 0 Å². The molecular formula is C17H15NO4. The summed E-state index contributed by atoms with van der Waals surface area (Å²) in [4.78, 5) is 35.3. The first kappa shape index (κ1) is 14.3. The van der Waals surface area contributed by atoms with Crippen LogP contribution >= 0.6 is 0 Å². The maximum absolute atomic E-state index is 12.2. The highest BCUT2D eigenvalue weighted by Gasteiger charge is 2.24. The van der Waals surface area contributed by atoms with E-state index in [0.717, 1.165) is 6.42 Å². The lowest BCUT2D eigenvalue weighted by atomic mass is 9.97.